The molecular weight excluding hydrogens is 408 g/mol. The van der Waals surface area contributed by atoms with Crippen molar-refractivity contribution in [3.05, 3.63) is 89.0 Å². The van der Waals surface area contributed by atoms with Crippen LogP contribution in [0.5, 0.6) is 0 Å². The van der Waals surface area contributed by atoms with Crippen LogP contribution in [0, 0.1) is 6.92 Å². The lowest BCUT2D eigenvalue weighted by atomic mass is 10.1. The molecule has 0 aromatic heterocycles. The second kappa shape index (κ2) is 8.47. The molecule has 0 N–H and O–H groups in total. The lowest BCUT2D eigenvalue weighted by Crippen LogP contribution is -2.31. The van der Waals surface area contributed by atoms with Crippen LogP contribution in [0.15, 0.2) is 76.5 Å². The second-order valence-corrected chi connectivity index (χ2v) is 9.06. The molecule has 0 fully saturated rings. The molecule has 0 saturated carbocycles. The number of hydrogen-bond donors (Lipinski definition) is 0. The molecule has 31 heavy (non-hydrogen) atoms. The van der Waals surface area contributed by atoms with Gasteiger partial charge in [-0.25, -0.2) is 4.21 Å². The number of nitrogens with zero attached hydrogens (tertiary/aromatic N) is 2. The first-order valence-corrected chi connectivity index (χ1v) is 11.3. The number of amides is 2. The summed E-state index contributed by atoms with van der Waals surface area (Å²) in [5, 5.41) is 0. The summed E-state index contributed by atoms with van der Waals surface area (Å²) in [6, 6.07) is 20.1. The summed E-state index contributed by atoms with van der Waals surface area (Å²) >= 11 is 0. The van der Waals surface area contributed by atoms with Crippen molar-refractivity contribution in [1.29, 1.82) is 0 Å². The Morgan fingerprint density at radius 3 is 2.42 bits per heavy atom. The number of rotatable bonds is 4. The van der Waals surface area contributed by atoms with E-state index in [0.717, 1.165) is 5.56 Å². The van der Waals surface area contributed by atoms with Crippen molar-refractivity contribution in [2.75, 3.05) is 18.5 Å². The molecule has 1 aliphatic rings. The summed E-state index contributed by atoms with van der Waals surface area (Å²) in [5.74, 6) is -0.359. The average molecular weight is 433 g/mol. The van der Waals surface area contributed by atoms with E-state index >= 15 is 0 Å². The third-order valence-electron chi connectivity index (χ3n) is 5.46. The van der Waals surface area contributed by atoms with Gasteiger partial charge in [0.15, 0.2) is 0 Å². The molecule has 0 saturated heterocycles. The first kappa shape index (κ1) is 21.0. The van der Waals surface area contributed by atoms with Crippen molar-refractivity contribution in [2.24, 2.45) is 0 Å². The number of carbonyl (C=O) groups is 2. The summed E-state index contributed by atoms with van der Waals surface area (Å²) in [6.45, 7) is 4.78. The summed E-state index contributed by atoms with van der Waals surface area (Å²) in [5.41, 5.74) is 3.63. The van der Waals surface area contributed by atoms with Gasteiger partial charge in [0.2, 0.25) is 0 Å². The first-order valence-electron chi connectivity index (χ1n) is 10.2. The fourth-order valence-electron chi connectivity index (χ4n) is 3.77. The van der Waals surface area contributed by atoms with E-state index in [1.54, 1.807) is 59.3 Å². The quantitative estimate of drug-likeness (QED) is 0.613. The van der Waals surface area contributed by atoms with Crippen LogP contribution in [0.3, 0.4) is 0 Å². The van der Waals surface area contributed by atoms with Gasteiger partial charge in [0.05, 0.1) is 31.8 Å². The van der Waals surface area contributed by atoms with Gasteiger partial charge >= 0.3 is 0 Å². The molecule has 0 radical (unpaired) electrons. The highest BCUT2D eigenvalue weighted by Crippen LogP contribution is 2.35. The molecule has 1 aliphatic heterocycles. The summed E-state index contributed by atoms with van der Waals surface area (Å²) in [7, 11) is 0.251. The standard InChI is InChI=1S/C25H24N2O3S/c1-4-27-21-15-19(24(28)26(3)16-18-11-9-17(2)10-12-18)13-14-23(21)31(30)22-8-6-5-7-20(22)25(27)29/h5-15H,4,16H2,1-3H3. The van der Waals surface area contributed by atoms with Crippen LogP contribution in [0.1, 0.15) is 38.8 Å². The van der Waals surface area contributed by atoms with Crippen LogP contribution in [-0.4, -0.2) is 34.5 Å². The third kappa shape index (κ3) is 3.91. The number of aryl methyl sites for hydroxylation is 1. The zero-order valence-electron chi connectivity index (χ0n) is 17.8. The maximum absolute atomic E-state index is 13.3. The summed E-state index contributed by atoms with van der Waals surface area (Å²) in [4.78, 5) is 30.5. The minimum Gasteiger partial charge on any atom is -0.337 e. The molecule has 0 aliphatic carbocycles. The van der Waals surface area contributed by atoms with Crippen LogP contribution in [0.4, 0.5) is 5.69 Å². The highest BCUT2D eigenvalue weighted by molar-refractivity contribution is 7.85. The Morgan fingerprint density at radius 2 is 1.71 bits per heavy atom. The molecule has 3 aromatic rings. The van der Waals surface area contributed by atoms with E-state index < -0.39 is 10.8 Å². The molecule has 1 atom stereocenters. The van der Waals surface area contributed by atoms with Crippen LogP contribution >= 0.6 is 0 Å². The molecule has 4 rings (SSSR count). The van der Waals surface area contributed by atoms with Crippen LogP contribution in [0.2, 0.25) is 0 Å². The Balaban J connectivity index is 1.69. The number of fused-ring (bicyclic) bond motifs is 2. The van der Waals surface area contributed by atoms with Crippen LogP contribution in [0.25, 0.3) is 0 Å². The smallest absolute Gasteiger partial charge is 0.259 e. The number of anilines is 1. The van der Waals surface area contributed by atoms with Gasteiger partial charge in [0.1, 0.15) is 0 Å². The highest BCUT2D eigenvalue weighted by Gasteiger charge is 2.30. The highest BCUT2D eigenvalue weighted by atomic mass is 32.2. The number of benzene rings is 3. The average Bonchev–Trinajstić information content (AvgIpc) is 2.88. The monoisotopic (exact) mass is 432 g/mol. The van der Waals surface area contributed by atoms with Crippen molar-refractivity contribution in [1.82, 2.24) is 4.90 Å². The Hall–Kier alpha value is -3.25. The normalized spacial score (nSPS) is 15.1. The predicted molar refractivity (Wildman–Crippen MR) is 122 cm³/mol. The van der Waals surface area contributed by atoms with Crippen molar-refractivity contribution >= 4 is 28.3 Å². The van der Waals surface area contributed by atoms with E-state index in [0.29, 0.717) is 39.7 Å². The van der Waals surface area contributed by atoms with Crippen molar-refractivity contribution in [2.45, 2.75) is 30.2 Å². The maximum Gasteiger partial charge on any atom is 0.259 e. The lowest BCUT2D eigenvalue weighted by Gasteiger charge is -2.23. The zero-order chi connectivity index (χ0) is 22.1. The lowest BCUT2D eigenvalue weighted by molar-refractivity contribution is 0.0784. The van der Waals surface area contributed by atoms with Gasteiger partial charge in [0.25, 0.3) is 11.8 Å². The van der Waals surface area contributed by atoms with Gasteiger partial charge < -0.3 is 9.80 Å². The van der Waals surface area contributed by atoms with Gasteiger partial charge in [-0.15, -0.1) is 0 Å². The second-order valence-electron chi connectivity index (χ2n) is 7.64. The van der Waals surface area contributed by atoms with Crippen LogP contribution in [-0.2, 0) is 17.3 Å². The van der Waals surface area contributed by atoms with Gasteiger partial charge in [0, 0.05) is 25.7 Å². The van der Waals surface area contributed by atoms with Crippen molar-refractivity contribution in [3.8, 4) is 0 Å². The van der Waals surface area contributed by atoms with E-state index in [-0.39, 0.29) is 11.8 Å². The SMILES string of the molecule is CCN1C(=O)c2ccccc2S(=O)c2ccc(C(=O)N(C)Cc3ccc(C)cc3)cc21. The molecule has 0 spiro atoms. The predicted octanol–water partition coefficient (Wildman–Crippen LogP) is 4.41. The van der Waals surface area contributed by atoms with E-state index in [1.807, 2.05) is 38.1 Å². The van der Waals surface area contributed by atoms with Gasteiger partial charge in [-0.3, -0.25) is 9.59 Å². The third-order valence-corrected chi connectivity index (χ3v) is 6.96. The Bertz CT molecular complexity index is 1190. The molecule has 6 heteroatoms. The van der Waals surface area contributed by atoms with E-state index in [2.05, 4.69) is 0 Å². The number of hydrogen-bond acceptors (Lipinski definition) is 3. The molecule has 2 amide bonds. The van der Waals surface area contributed by atoms with Crippen molar-refractivity contribution < 1.29 is 13.8 Å². The summed E-state index contributed by atoms with van der Waals surface area (Å²) in [6.07, 6.45) is 0. The van der Waals surface area contributed by atoms with E-state index in [4.69, 9.17) is 0 Å². The number of carbonyl (C=O) groups excluding carboxylic acids is 2. The molecule has 1 heterocycles. The zero-order valence-corrected chi connectivity index (χ0v) is 18.6. The van der Waals surface area contributed by atoms with Gasteiger partial charge in [-0.05, 0) is 49.7 Å². The summed E-state index contributed by atoms with van der Waals surface area (Å²) < 4.78 is 13.3. The molecule has 5 nitrogen and oxygen atoms in total. The first-order chi connectivity index (χ1) is 14.9. The molecule has 158 valence electrons. The van der Waals surface area contributed by atoms with Gasteiger partial charge in [-0.1, -0.05) is 42.0 Å². The fraction of sp³-hybridized carbons (Fsp3) is 0.200. The maximum atomic E-state index is 13.3. The molecule has 0 bridgehead atoms. The Kier molecular flexibility index (Phi) is 5.74. The minimum absolute atomic E-state index is 0.153. The molecular formula is C25H24N2O3S. The Morgan fingerprint density at radius 1 is 1.00 bits per heavy atom. The van der Waals surface area contributed by atoms with Gasteiger partial charge in [-0.2, -0.15) is 0 Å². The minimum atomic E-state index is -1.50. The fourth-order valence-corrected chi connectivity index (χ4v) is 5.11. The van der Waals surface area contributed by atoms with E-state index in [9.17, 15) is 13.8 Å². The Labute approximate surface area is 184 Å². The topological polar surface area (TPSA) is 57.7 Å². The van der Waals surface area contributed by atoms with Crippen molar-refractivity contribution in [3.63, 3.8) is 0 Å². The molecule has 3 aromatic carbocycles. The van der Waals surface area contributed by atoms with Crippen LogP contribution < -0.4 is 4.90 Å². The molecule has 1 unspecified atom stereocenters. The largest absolute Gasteiger partial charge is 0.337 e. The van der Waals surface area contributed by atoms with E-state index in [1.165, 1.54) is 5.56 Å².